The number of halogens is 1. The first kappa shape index (κ1) is 16.2. The molecule has 1 aliphatic carbocycles. The highest BCUT2D eigenvalue weighted by atomic mass is 19.1. The predicted octanol–water partition coefficient (Wildman–Crippen LogP) is 3.16. The van der Waals surface area contributed by atoms with E-state index in [1.165, 1.54) is 31.4 Å². The number of piperazine rings is 1. The molecule has 1 aromatic rings. The van der Waals surface area contributed by atoms with Crippen LogP contribution in [0.15, 0.2) is 24.3 Å². The summed E-state index contributed by atoms with van der Waals surface area (Å²) in [6.45, 7) is 2.23. The Morgan fingerprint density at radius 1 is 1.13 bits per heavy atom. The lowest BCUT2D eigenvalue weighted by atomic mass is 9.95. The highest BCUT2D eigenvalue weighted by Crippen LogP contribution is 2.25. The summed E-state index contributed by atoms with van der Waals surface area (Å²) in [4.78, 5) is 16.7. The van der Waals surface area contributed by atoms with Gasteiger partial charge in [0.2, 0.25) is 0 Å². The summed E-state index contributed by atoms with van der Waals surface area (Å²) in [5.41, 5.74) is 1.06. The van der Waals surface area contributed by atoms with Crippen LogP contribution in [0.25, 0.3) is 0 Å². The van der Waals surface area contributed by atoms with Gasteiger partial charge in [0.05, 0.1) is 6.04 Å². The molecule has 0 aromatic heterocycles. The summed E-state index contributed by atoms with van der Waals surface area (Å²) >= 11 is 0. The van der Waals surface area contributed by atoms with Crippen LogP contribution < -0.4 is 5.32 Å². The fourth-order valence-corrected chi connectivity index (χ4v) is 3.62. The molecule has 0 bridgehead atoms. The van der Waals surface area contributed by atoms with Crippen LogP contribution in [0.3, 0.4) is 0 Å². The number of amides is 2. The number of urea groups is 1. The largest absolute Gasteiger partial charge is 0.335 e. The molecule has 1 saturated heterocycles. The fraction of sp³-hybridized carbons (Fsp3) is 0.611. The quantitative estimate of drug-likeness (QED) is 0.909. The maximum Gasteiger partial charge on any atom is 0.317 e. The first-order valence-corrected chi connectivity index (χ1v) is 8.64. The van der Waals surface area contributed by atoms with Gasteiger partial charge in [-0.1, -0.05) is 31.4 Å². The second kappa shape index (κ2) is 7.30. The van der Waals surface area contributed by atoms with Crippen molar-refractivity contribution in [2.75, 3.05) is 26.7 Å². The van der Waals surface area contributed by atoms with Gasteiger partial charge < -0.3 is 10.2 Å². The van der Waals surface area contributed by atoms with Gasteiger partial charge in [-0.05, 0) is 37.6 Å². The van der Waals surface area contributed by atoms with E-state index in [0.717, 1.165) is 31.5 Å². The molecule has 1 unspecified atom stereocenters. The topological polar surface area (TPSA) is 35.6 Å². The molecule has 0 radical (unpaired) electrons. The monoisotopic (exact) mass is 319 g/mol. The molecular weight excluding hydrogens is 293 g/mol. The lowest BCUT2D eigenvalue weighted by molar-refractivity contribution is 0.107. The highest BCUT2D eigenvalue weighted by Gasteiger charge is 2.29. The van der Waals surface area contributed by atoms with Gasteiger partial charge in [-0.15, -0.1) is 0 Å². The highest BCUT2D eigenvalue weighted by molar-refractivity contribution is 5.74. The van der Waals surface area contributed by atoms with E-state index < -0.39 is 0 Å². The van der Waals surface area contributed by atoms with E-state index in [1.54, 1.807) is 0 Å². The van der Waals surface area contributed by atoms with Gasteiger partial charge in [-0.2, -0.15) is 0 Å². The molecule has 2 amide bonds. The number of benzene rings is 1. The Morgan fingerprint density at radius 3 is 2.52 bits per heavy atom. The molecule has 1 saturated carbocycles. The zero-order valence-corrected chi connectivity index (χ0v) is 13.8. The number of carbonyl (C=O) groups excluding carboxylic acids is 1. The average molecular weight is 319 g/mol. The van der Waals surface area contributed by atoms with Crippen molar-refractivity contribution in [3.63, 3.8) is 0 Å². The Hall–Kier alpha value is -1.62. The molecule has 3 rings (SSSR count). The van der Waals surface area contributed by atoms with Gasteiger partial charge in [0, 0.05) is 25.7 Å². The number of rotatable bonds is 2. The summed E-state index contributed by atoms with van der Waals surface area (Å²) in [6, 6.07) is 7.13. The summed E-state index contributed by atoms with van der Waals surface area (Å²) in [6.07, 6.45) is 5.91. The molecule has 0 spiro atoms. The average Bonchev–Trinajstić information content (AvgIpc) is 2.57. The Balaban J connectivity index is 1.62. The Kier molecular flexibility index (Phi) is 5.16. The summed E-state index contributed by atoms with van der Waals surface area (Å²) in [5, 5.41) is 3.19. The number of nitrogens with zero attached hydrogens (tertiary/aromatic N) is 2. The van der Waals surface area contributed by atoms with Crippen LogP contribution in [0.1, 0.15) is 43.7 Å². The van der Waals surface area contributed by atoms with E-state index in [2.05, 4.69) is 17.3 Å². The molecule has 4 nitrogen and oxygen atoms in total. The third-order valence-electron chi connectivity index (χ3n) is 5.12. The van der Waals surface area contributed by atoms with Gasteiger partial charge >= 0.3 is 6.03 Å². The maximum atomic E-state index is 13.1. The van der Waals surface area contributed by atoms with E-state index in [1.807, 2.05) is 17.0 Å². The van der Waals surface area contributed by atoms with Gasteiger partial charge in [-0.25, -0.2) is 9.18 Å². The summed E-state index contributed by atoms with van der Waals surface area (Å²) in [5.74, 6) is -0.223. The molecule has 2 fully saturated rings. The van der Waals surface area contributed by atoms with E-state index >= 15 is 0 Å². The third-order valence-corrected chi connectivity index (χ3v) is 5.12. The Morgan fingerprint density at radius 2 is 1.83 bits per heavy atom. The first-order valence-electron chi connectivity index (χ1n) is 8.64. The van der Waals surface area contributed by atoms with Crippen molar-refractivity contribution in [1.82, 2.24) is 15.1 Å². The maximum absolute atomic E-state index is 13.1. The van der Waals surface area contributed by atoms with Crippen LogP contribution in [0.2, 0.25) is 0 Å². The van der Waals surface area contributed by atoms with E-state index in [0.29, 0.717) is 12.6 Å². The van der Waals surface area contributed by atoms with Gasteiger partial charge in [0.1, 0.15) is 5.82 Å². The van der Waals surface area contributed by atoms with Crippen LogP contribution in [-0.4, -0.2) is 48.6 Å². The number of likely N-dealkylation sites (N-methyl/N-ethyl adjacent to an activating group) is 1. The number of nitrogens with one attached hydrogen (secondary N) is 1. The SMILES string of the molecule is CN1CCN(C(=O)NC2CCCCC2)CC1c1ccc(F)cc1. The molecule has 1 aromatic carbocycles. The molecular formula is C18H26FN3O. The van der Waals surface area contributed by atoms with Crippen molar-refractivity contribution in [3.8, 4) is 0 Å². The molecule has 1 heterocycles. The smallest absolute Gasteiger partial charge is 0.317 e. The molecule has 1 N–H and O–H groups in total. The second-order valence-corrected chi connectivity index (χ2v) is 6.78. The summed E-state index contributed by atoms with van der Waals surface area (Å²) in [7, 11) is 2.06. The predicted molar refractivity (Wildman–Crippen MR) is 88.7 cm³/mol. The van der Waals surface area contributed by atoms with Crippen molar-refractivity contribution >= 4 is 6.03 Å². The Bertz CT molecular complexity index is 528. The molecule has 1 atom stereocenters. The lowest BCUT2D eigenvalue weighted by Gasteiger charge is -2.40. The zero-order valence-electron chi connectivity index (χ0n) is 13.8. The second-order valence-electron chi connectivity index (χ2n) is 6.78. The number of carbonyl (C=O) groups is 1. The fourth-order valence-electron chi connectivity index (χ4n) is 3.62. The van der Waals surface area contributed by atoms with Crippen LogP contribution in [0.5, 0.6) is 0 Å². The van der Waals surface area contributed by atoms with Crippen molar-refractivity contribution in [2.45, 2.75) is 44.2 Å². The summed E-state index contributed by atoms with van der Waals surface area (Å²) < 4.78 is 13.1. The third kappa shape index (κ3) is 4.02. The van der Waals surface area contributed by atoms with Gasteiger partial charge in [0.25, 0.3) is 0 Å². The zero-order chi connectivity index (χ0) is 16.2. The van der Waals surface area contributed by atoms with Crippen LogP contribution in [-0.2, 0) is 0 Å². The van der Waals surface area contributed by atoms with Crippen LogP contribution in [0.4, 0.5) is 9.18 Å². The van der Waals surface area contributed by atoms with E-state index in [9.17, 15) is 9.18 Å². The van der Waals surface area contributed by atoms with Crippen molar-refractivity contribution < 1.29 is 9.18 Å². The minimum Gasteiger partial charge on any atom is -0.335 e. The van der Waals surface area contributed by atoms with Crippen molar-refractivity contribution in [1.29, 1.82) is 0 Å². The molecule has 2 aliphatic rings. The van der Waals surface area contributed by atoms with Crippen molar-refractivity contribution in [3.05, 3.63) is 35.6 Å². The standard InChI is InChI=1S/C18H26FN3O/c1-21-11-12-22(18(23)20-16-5-3-2-4-6-16)13-17(21)14-7-9-15(19)10-8-14/h7-10,16-17H,2-6,11-13H2,1H3,(H,20,23). The van der Waals surface area contributed by atoms with E-state index in [4.69, 9.17) is 0 Å². The van der Waals surface area contributed by atoms with Crippen LogP contribution in [0, 0.1) is 5.82 Å². The number of hydrogen-bond acceptors (Lipinski definition) is 2. The van der Waals surface area contributed by atoms with Gasteiger partial charge in [0.15, 0.2) is 0 Å². The molecule has 1 aliphatic heterocycles. The van der Waals surface area contributed by atoms with Crippen molar-refractivity contribution in [2.24, 2.45) is 0 Å². The number of hydrogen-bond donors (Lipinski definition) is 1. The normalized spacial score (nSPS) is 23.7. The first-order chi connectivity index (χ1) is 11.1. The Labute approximate surface area is 137 Å². The molecule has 126 valence electrons. The molecule has 5 heteroatoms. The van der Waals surface area contributed by atoms with Gasteiger partial charge in [-0.3, -0.25) is 4.90 Å². The lowest BCUT2D eigenvalue weighted by Crippen LogP contribution is -2.53. The van der Waals surface area contributed by atoms with Crippen LogP contribution >= 0.6 is 0 Å². The molecule has 23 heavy (non-hydrogen) atoms. The van der Waals surface area contributed by atoms with E-state index in [-0.39, 0.29) is 17.9 Å². The minimum absolute atomic E-state index is 0.0529. The minimum atomic E-state index is -0.223.